The van der Waals surface area contributed by atoms with E-state index in [1.807, 2.05) is 0 Å². The minimum Gasteiger partial charge on any atom is -0.496 e. The molecule has 0 atom stereocenters. The second kappa shape index (κ2) is 6.20. The summed E-state index contributed by atoms with van der Waals surface area (Å²) in [6, 6.07) is 10.6. The topological polar surface area (TPSA) is 18.5 Å². The van der Waals surface area contributed by atoms with Crippen LogP contribution in [0.4, 0.5) is 0 Å². The molecule has 0 saturated carbocycles. The van der Waals surface area contributed by atoms with Gasteiger partial charge >= 0.3 is 0 Å². The Balaban J connectivity index is 2.72. The molecule has 0 unspecified atom stereocenters. The summed E-state index contributed by atoms with van der Waals surface area (Å²) in [5.74, 6) is 0.959. The van der Waals surface area contributed by atoms with Crippen LogP contribution in [0.2, 0.25) is 13.1 Å². The lowest BCUT2D eigenvalue weighted by Gasteiger charge is -2.27. The molecule has 2 rings (SSSR count). The average molecular weight is 301 g/mol. The number of methoxy groups -OCH3 is 1. The van der Waals surface area contributed by atoms with Gasteiger partial charge in [0.25, 0.3) is 0 Å². The molecular weight excluding hydrogens is 276 g/mol. The highest BCUT2D eigenvalue weighted by molar-refractivity contribution is 6.48. The lowest BCUT2D eigenvalue weighted by molar-refractivity contribution is 0.309. The molecule has 0 aliphatic rings. The molecule has 113 valence electrons. The van der Waals surface area contributed by atoms with E-state index in [2.05, 4.69) is 64.2 Å². The largest absolute Gasteiger partial charge is 0.496 e. The number of rotatable bonds is 4. The third-order valence-electron chi connectivity index (χ3n) is 3.60. The molecule has 0 spiro atoms. The minimum atomic E-state index is -0.722. The van der Waals surface area contributed by atoms with E-state index in [1.165, 1.54) is 21.9 Å². The fourth-order valence-electron chi connectivity index (χ4n) is 2.74. The molecular formula is C18H25O2Si. The molecule has 0 aliphatic carbocycles. The summed E-state index contributed by atoms with van der Waals surface area (Å²) in [5.41, 5.74) is 2.54. The maximum atomic E-state index is 6.02. The third-order valence-corrected chi connectivity index (χ3v) is 4.32. The number of ether oxygens (including phenoxy) is 1. The monoisotopic (exact) mass is 301 g/mol. The zero-order valence-electron chi connectivity index (χ0n) is 13.9. The summed E-state index contributed by atoms with van der Waals surface area (Å²) in [7, 11) is 1.03. The van der Waals surface area contributed by atoms with Crippen LogP contribution in [0, 0.1) is 0 Å². The van der Waals surface area contributed by atoms with Crippen molar-refractivity contribution in [2.75, 3.05) is 7.11 Å². The Labute approximate surface area is 129 Å². The molecule has 2 aromatic rings. The summed E-state index contributed by atoms with van der Waals surface area (Å²) in [6.45, 7) is 11.7. The summed E-state index contributed by atoms with van der Waals surface area (Å²) in [5, 5.41) is 2.48. The summed E-state index contributed by atoms with van der Waals surface area (Å²) < 4.78 is 11.7. The lowest BCUT2D eigenvalue weighted by Crippen LogP contribution is -2.18. The standard InChI is InChI=1S/C18H25O2Si/c1-18(2,3)17-15(12-20-21(5)6)14-10-8-7-9-13(14)11-16(17)19-4/h7-11H,12H2,1-6H3. The quantitative estimate of drug-likeness (QED) is 0.747. The summed E-state index contributed by atoms with van der Waals surface area (Å²) in [6.07, 6.45) is 0. The van der Waals surface area contributed by atoms with Gasteiger partial charge in [0.15, 0.2) is 0 Å². The Morgan fingerprint density at radius 2 is 1.76 bits per heavy atom. The van der Waals surface area contributed by atoms with Crippen LogP contribution >= 0.6 is 0 Å². The molecule has 1 radical (unpaired) electrons. The third kappa shape index (κ3) is 3.47. The van der Waals surface area contributed by atoms with Crippen molar-refractivity contribution in [3.8, 4) is 5.75 Å². The molecule has 21 heavy (non-hydrogen) atoms. The molecule has 0 bridgehead atoms. The second-order valence-electron chi connectivity index (χ2n) is 6.60. The molecule has 0 N–H and O–H groups in total. The highest BCUT2D eigenvalue weighted by Gasteiger charge is 2.25. The van der Waals surface area contributed by atoms with Crippen molar-refractivity contribution in [2.24, 2.45) is 0 Å². The molecule has 0 amide bonds. The van der Waals surface area contributed by atoms with Gasteiger partial charge in [-0.1, -0.05) is 45.0 Å². The number of benzene rings is 2. The Morgan fingerprint density at radius 3 is 2.33 bits per heavy atom. The van der Waals surface area contributed by atoms with Crippen LogP contribution in [-0.2, 0) is 16.4 Å². The normalized spacial score (nSPS) is 12.1. The van der Waals surface area contributed by atoms with E-state index in [-0.39, 0.29) is 5.41 Å². The molecule has 3 heteroatoms. The molecule has 0 aliphatic heterocycles. The van der Waals surface area contributed by atoms with Gasteiger partial charge in [0.1, 0.15) is 5.75 Å². The SMILES string of the molecule is COc1cc2ccccc2c(CO[Si](C)C)c1C(C)(C)C. The van der Waals surface area contributed by atoms with Gasteiger partial charge in [-0.3, -0.25) is 0 Å². The van der Waals surface area contributed by atoms with E-state index in [0.717, 1.165) is 5.75 Å². The van der Waals surface area contributed by atoms with Gasteiger partial charge in [-0.15, -0.1) is 0 Å². The number of hydrogen-bond donors (Lipinski definition) is 0. The van der Waals surface area contributed by atoms with Crippen LogP contribution in [0.15, 0.2) is 30.3 Å². The van der Waals surface area contributed by atoms with Crippen molar-refractivity contribution in [1.29, 1.82) is 0 Å². The van der Waals surface area contributed by atoms with Gasteiger partial charge in [-0.25, -0.2) is 0 Å². The molecule has 0 heterocycles. The smallest absolute Gasteiger partial charge is 0.205 e. The first-order valence-electron chi connectivity index (χ1n) is 7.36. The van der Waals surface area contributed by atoms with Crippen molar-refractivity contribution in [1.82, 2.24) is 0 Å². The maximum Gasteiger partial charge on any atom is 0.205 e. The van der Waals surface area contributed by atoms with Crippen LogP contribution in [0.3, 0.4) is 0 Å². The fourth-order valence-corrected chi connectivity index (χ4v) is 3.18. The van der Waals surface area contributed by atoms with Crippen LogP contribution in [-0.4, -0.2) is 16.2 Å². The highest BCUT2D eigenvalue weighted by atomic mass is 28.3. The summed E-state index contributed by atoms with van der Waals surface area (Å²) in [4.78, 5) is 0. The first-order chi connectivity index (χ1) is 9.84. The predicted molar refractivity (Wildman–Crippen MR) is 91.5 cm³/mol. The molecule has 0 fully saturated rings. The first kappa shape index (κ1) is 16.1. The predicted octanol–water partition coefficient (Wildman–Crippen LogP) is 4.91. The van der Waals surface area contributed by atoms with E-state index in [0.29, 0.717) is 6.61 Å². The molecule has 0 aromatic heterocycles. The second-order valence-corrected chi connectivity index (χ2v) is 8.71. The lowest BCUT2D eigenvalue weighted by atomic mass is 9.81. The Morgan fingerprint density at radius 1 is 1.10 bits per heavy atom. The Hall–Kier alpha value is -1.32. The first-order valence-corrected chi connectivity index (χ1v) is 9.77. The molecule has 2 aromatic carbocycles. The molecule has 0 saturated heterocycles. The maximum absolute atomic E-state index is 6.02. The van der Waals surface area contributed by atoms with Gasteiger partial charge in [-0.05, 0) is 40.9 Å². The van der Waals surface area contributed by atoms with Crippen molar-refractivity contribution in [3.05, 3.63) is 41.5 Å². The van der Waals surface area contributed by atoms with Crippen LogP contribution < -0.4 is 4.74 Å². The van der Waals surface area contributed by atoms with Gasteiger partial charge in [0.05, 0.1) is 13.7 Å². The van der Waals surface area contributed by atoms with Crippen molar-refractivity contribution < 1.29 is 9.16 Å². The van der Waals surface area contributed by atoms with E-state index < -0.39 is 9.04 Å². The van der Waals surface area contributed by atoms with Gasteiger partial charge in [-0.2, -0.15) is 0 Å². The average Bonchev–Trinajstić information content (AvgIpc) is 2.42. The minimum absolute atomic E-state index is 0.0163. The Kier molecular flexibility index (Phi) is 4.74. The van der Waals surface area contributed by atoms with E-state index in [1.54, 1.807) is 7.11 Å². The zero-order valence-corrected chi connectivity index (χ0v) is 14.9. The van der Waals surface area contributed by atoms with Crippen molar-refractivity contribution in [3.63, 3.8) is 0 Å². The number of fused-ring (bicyclic) bond motifs is 1. The van der Waals surface area contributed by atoms with Crippen LogP contribution in [0.1, 0.15) is 31.9 Å². The summed E-state index contributed by atoms with van der Waals surface area (Å²) >= 11 is 0. The number of hydrogen-bond acceptors (Lipinski definition) is 2. The van der Waals surface area contributed by atoms with Crippen molar-refractivity contribution >= 4 is 19.8 Å². The van der Waals surface area contributed by atoms with Gasteiger partial charge in [0, 0.05) is 5.56 Å². The van der Waals surface area contributed by atoms with Crippen LogP contribution in [0.5, 0.6) is 5.75 Å². The zero-order chi connectivity index (χ0) is 15.6. The highest BCUT2D eigenvalue weighted by Crippen LogP contribution is 2.39. The van der Waals surface area contributed by atoms with Crippen molar-refractivity contribution in [2.45, 2.75) is 45.9 Å². The fraction of sp³-hybridized carbons (Fsp3) is 0.444. The molecule has 2 nitrogen and oxygen atoms in total. The Bertz CT molecular complexity index is 627. The van der Waals surface area contributed by atoms with E-state index in [4.69, 9.17) is 9.16 Å². The van der Waals surface area contributed by atoms with Gasteiger partial charge in [0.2, 0.25) is 9.04 Å². The van der Waals surface area contributed by atoms with Gasteiger partial charge < -0.3 is 9.16 Å². The van der Waals surface area contributed by atoms with E-state index in [9.17, 15) is 0 Å². The van der Waals surface area contributed by atoms with Crippen LogP contribution in [0.25, 0.3) is 10.8 Å². The van der Waals surface area contributed by atoms with E-state index >= 15 is 0 Å².